The van der Waals surface area contributed by atoms with E-state index in [-0.39, 0.29) is 22.7 Å². The smallest absolute Gasteiger partial charge is 0.335 e. The average molecular weight is 434 g/mol. The summed E-state index contributed by atoms with van der Waals surface area (Å²) < 4.78 is 0. The lowest BCUT2D eigenvalue weighted by Crippen LogP contribution is -2.13. The van der Waals surface area contributed by atoms with E-state index in [9.17, 15) is 14.4 Å². The Balaban J connectivity index is 2.10. The minimum atomic E-state index is -1.23. The van der Waals surface area contributed by atoms with E-state index < -0.39 is 11.9 Å². The zero-order chi connectivity index (χ0) is 22.9. The minimum absolute atomic E-state index is 0.160. The van der Waals surface area contributed by atoms with E-state index in [1.807, 2.05) is 0 Å². The lowest BCUT2D eigenvalue weighted by molar-refractivity contribution is -0.116. The van der Waals surface area contributed by atoms with E-state index in [1.54, 1.807) is 0 Å². The van der Waals surface area contributed by atoms with Gasteiger partial charge in [-0.25, -0.2) is 9.59 Å². The molecule has 0 radical (unpaired) electrons. The molecule has 1 aromatic rings. The van der Waals surface area contributed by atoms with Gasteiger partial charge in [-0.3, -0.25) is 4.79 Å². The summed E-state index contributed by atoms with van der Waals surface area (Å²) >= 11 is 0. The molecule has 0 fully saturated rings. The molecule has 174 valence electrons. The predicted molar refractivity (Wildman–Crippen MR) is 124 cm³/mol. The maximum atomic E-state index is 12.1. The summed E-state index contributed by atoms with van der Waals surface area (Å²) in [4.78, 5) is 34.3. The Morgan fingerprint density at radius 1 is 0.645 bits per heavy atom. The van der Waals surface area contributed by atoms with Gasteiger partial charge < -0.3 is 15.5 Å². The molecule has 0 bridgehead atoms. The van der Waals surface area contributed by atoms with Crippen LogP contribution in [-0.2, 0) is 4.79 Å². The van der Waals surface area contributed by atoms with Crippen molar-refractivity contribution in [1.29, 1.82) is 0 Å². The van der Waals surface area contributed by atoms with E-state index in [0.29, 0.717) is 6.42 Å². The summed E-state index contributed by atoms with van der Waals surface area (Å²) in [7, 11) is 0. The monoisotopic (exact) mass is 433 g/mol. The number of rotatable bonds is 18. The third-order valence-corrected chi connectivity index (χ3v) is 5.47. The van der Waals surface area contributed by atoms with Crippen LogP contribution >= 0.6 is 0 Å². The largest absolute Gasteiger partial charge is 0.478 e. The Hall–Kier alpha value is -2.37. The van der Waals surface area contributed by atoms with Gasteiger partial charge in [-0.15, -0.1) is 0 Å². The highest BCUT2D eigenvalue weighted by Gasteiger charge is 2.12. The van der Waals surface area contributed by atoms with Crippen molar-refractivity contribution in [2.75, 3.05) is 5.32 Å². The van der Waals surface area contributed by atoms with Crippen LogP contribution in [0.2, 0.25) is 0 Å². The summed E-state index contributed by atoms with van der Waals surface area (Å²) in [5.74, 6) is -2.69. The molecule has 0 saturated carbocycles. The van der Waals surface area contributed by atoms with Crippen LogP contribution in [0.1, 0.15) is 124 Å². The van der Waals surface area contributed by atoms with Crippen molar-refractivity contribution in [3.05, 3.63) is 29.3 Å². The Labute approximate surface area is 186 Å². The van der Waals surface area contributed by atoms with Gasteiger partial charge in [0.15, 0.2) is 0 Å². The predicted octanol–water partition coefficient (Wildman–Crippen LogP) is 6.89. The molecule has 1 aromatic carbocycles. The number of hydrogen-bond acceptors (Lipinski definition) is 3. The Morgan fingerprint density at radius 3 is 1.42 bits per heavy atom. The highest BCUT2D eigenvalue weighted by Crippen LogP contribution is 2.17. The molecule has 6 heteroatoms. The molecule has 0 atom stereocenters. The van der Waals surface area contributed by atoms with Gasteiger partial charge in [-0.05, 0) is 24.6 Å². The Bertz CT molecular complexity index is 654. The van der Waals surface area contributed by atoms with E-state index in [1.165, 1.54) is 82.8 Å². The number of carboxylic acid groups (broad SMARTS) is 2. The van der Waals surface area contributed by atoms with Crippen molar-refractivity contribution in [3.63, 3.8) is 0 Å². The maximum Gasteiger partial charge on any atom is 0.335 e. The first-order valence-electron chi connectivity index (χ1n) is 11.9. The van der Waals surface area contributed by atoms with Crippen LogP contribution in [0.3, 0.4) is 0 Å². The molecule has 0 aromatic heterocycles. The van der Waals surface area contributed by atoms with E-state index in [0.717, 1.165) is 25.3 Å². The number of unbranched alkanes of at least 4 members (excludes halogenated alkanes) is 13. The molecule has 6 nitrogen and oxygen atoms in total. The molecule has 31 heavy (non-hydrogen) atoms. The number of carboxylic acids is 2. The summed E-state index contributed by atoms with van der Waals surface area (Å²) in [6.07, 6.45) is 17.8. The highest BCUT2D eigenvalue weighted by atomic mass is 16.4. The number of carbonyl (C=O) groups is 3. The van der Waals surface area contributed by atoms with Gasteiger partial charge in [0.25, 0.3) is 0 Å². The van der Waals surface area contributed by atoms with Crippen molar-refractivity contribution in [1.82, 2.24) is 0 Å². The number of benzene rings is 1. The quantitative estimate of drug-likeness (QED) is 0.219. The zero-order valence-corrected chi connectivity index (χ0v) is 19.0. The van der Waals surface area contributed by atoms with Gasteiger partial charge in [0.1, 0.15) is 0 Å². The van der Waals surface area contributed by atoms with Crippen LogP contribution in [0.5, 0.6) is 0 Å². The molecule has 0 spiro atoms. The highest BCUT2D eigenvalue weighted by molar-refractivity contribution is 5.98. The van der Waals surface area contributed by atoms with Gasteiger partial charge in [-0.1, -0.05) is 90.4 Å². The molecular formula is C25H39NO5. The first-order chi connectivity index (χ1) is 14.9. The number of hydrogen-bond donors (Lipinski definition) is 3. The second-order valence-electron chi connectivity index (χ2n) is 8.30. The number of amides is 1. The molecule has 0 aliphatic rings. The minimum Gasteiger partial charge on any atom is -0.478 e. The second kappa shape index (κ2) is 16.3. The van der Waals surface area contributed by atoms with Crippen LogP contribution in [0.25, 0.3) is 0 Å². The van der Waals surface area contributed by atoms with Crippen LogP contribution in [-0.4, -0.2) is 28.1 Å². The van der Waals surface area contributed by atoms with E-state index >= 15 is 0 Å². The van der Waals surface area contributed by atoms with Crippen molar-refractivity contribution in [2.24, 2.45) is 0 Å². The lowest BCUT2D eigenvalue weighted by atomic mass is 10.0. The second-order valence-corrected chi connectivity index (χ2v) is 8.30. The van der Waals surface area contributed by atoms with Crippen LogP contribution in [0, 0.1) is 0 Å². The van der Waals surface area contributed by atoms with Crippen molar-refractivity contribution in [3.8, 4) is 0 Å². The molecule has 0 unspecified atom stereocenters. The standard InChI is InChI=1S/C25H39NO5/c1-2-3-4-5-6-7-8-9-10-11-12-13-14-15-16-23(27)26-22-18-20(24(28)29)17-21(19-22)25(30)31/h17-19H,2-16H2,1H3,(H,26,27)(H,28,29)(H,30,31). The van der Waals surface area contributed by atoms with E-state index in [2.05, 4.69) is 12.2 Å². The van der Waals surface area contributed by atoms with Crippen LogP contribution in [0.15, 0.2) is 18.2 Å². The number of carbonyl (C=O) groups excluding carboxylic acids is 1. The maximum absolute atomic E-state index is 12.1. The molecule has 0 heterocycles. The van der Waals surface area contributed by atoms with Crippen molar-refractivity contribution >= 4 is 23.5 Å². The number of aromatic carboxylic acids is 2. The molecule has 0 saturated heterocycles. The van der Waals surface area contributed by atoms with Gasteiger partial charge in [0.2, 0.25) is 5.91 Å². The fourth-order valence-electron chi connectivity index (χ4n) is 3.65. The zero-order valence-electron chi connectivity index (χ0n) is 19.0. The molecule has 0 aliphatic heterocycles. The Kier molecular flexibility index (Phi) is 14.1. The normalized spacial score (nSPS) is 10.7. The number of nitrogens with one attached hydrogen (secondary N) is 1. The lowest BCUT2D eigenvalue weighted by Gasteiger charge is -2.08. The number of anilines is 1. The van der Waals surface area contributed by atoms with Crippen molar-refractivity contribution < 1.29 is 24.6 Å². The summed E-state index contributed by atoms with van der Waals surface area (Å²) in [5, 5.41) is 20.8. The third kappa shape index (κ3) is 12.8. The fraction of sp³-hybridized carbons (Fsp3) is 0.640. The molecular weight excluding hydrogens is 394 g/mol. The average Bonchev–Trinajstić information content (AvgIpc) is 2.73. The van der Waals surface area contributed by atoms with Gasteiger partial charge in [0.05, 0.1) is 11.1 Å². The van der Waals surface area contributed by atoms with Gasteiger partial charge >= 0.3 is 11.9 Å². The fourth-order valence-corrected chi connectivity index (χ4v) is 3.65. The SMILES string of the molecule is CCCCCCCCCCCCCCCCC(=O)Nc1cc(C(=O)O)cc(C(=O)O)c1. The van der Waals surface area contributed by atoms with Gasteiger partial charge in [-0.2, -0.15) is 0 Å². The van der Waals surface area contributed by atoms with Crippen LogP contribution in [0.4, 0.5) is 5.69 Å². The molecule has 1 amide bonds. The van der Waals surface area contributed by atoms with E-state index in [4.69, 9.17) is 10.2 Å². The summed E-state index contributed by atoms with van der Waals surface area (Å²) in [5.41, 5.74) is -0.119. The van der Waals surface area contributed by atoms with Crippen LogP contribution < -0.4 is 5.32 Å². The summed E-state index contributed by atoms with van der Waals surface area (Å²) in [6.45, 7) is 2.25. The van der Waals surface area contributed by atoms with Gasteiger partial charge in [0, 0.05) is 12.1 Å². The third-order valence-electron chi connectivity index (χ3n) is 5.47. The first-order valence-corrected chi connectivity index (χ1v) is 11.9. The molecule has 0 aliphatic carbocycles. The Morgan fingerprint density at radius 2 is 1.03 bits per heavy atom. The first kappa shape index (κ1) is 26.7. The summed E-state index contributed by atoms with van der Waals surface area (Å²) in [6, 6.07) is 3.63. The van der Waals surface area contributed by atoms with Crippen molar-refractivity contribution in [2.45, 2.75) is 103 Å². The topological polar surface area (TPSA) is 104 Å². The molecule has 1 rings (SSSR count). The molecule has 3 N–H and O–H groups in total.